The highest BCUT2D eigenvalue weighted by Crippen LogP contribution is 2.38. The lowest BCUT2D eigenvalue weighted by atomic mass is 10.1. The van der Waals surface area contributed by atoms with Crippen LogP contribution in [0.2, 0.25) is 0 Å². The van der Waals surface area contributed by atoms with Gasteiger partial charge in [-0.25, -0.2) is 4.98 Å². The molecule has 1 aromatic heterocycles. The number of carbonyl (C=O) groups is 1. The minimum absolute atomic E-state index is 0.274. The molecule has 0 saturated heterocycles. The molecule has 108 valence electrons. The third-order valence-corrected chi connectivity index (χ3v) is 2.02. The number of nitriles is 1. The second-order valence-corrected chi connectivity index (χ2v) is 3.57. The van der Waals surface area contributed by atoms with Gasteiger partial charge in [0.15, 0.2) is 5.82 Å². The van der Waals surface area contributed by atoms with Crippen molar-refractivity contribution in [2.24, 2.45) is 0 Å². The van der Waals surface area contributed by atoms with Crippen molar-refractivity contribution in [3.05, 3.63) is 22.9 Å². The predicted molar refractivity (Wildman–Crippen MR) is 53.3 cm³/mol. The Labute approximate surface area is 108 Å². The molecule has 0 aliphatic carbocycles. The van der Waals surface area contributed by atoms with Crippen LogP contribution in [0.1, 0.15) is 23.7 Å². The van der Waals surface area contributed by atoms with Crippen LogP contribution >= 0.6 is 0 Å². The van der Waals surface area contributed by atoms with Crippen molar-refractivity contribution < 1.29 is 31.1 Å². The Morgan fingerprint density at radius 3 is 2.15 bits per heavy atom. The zero-order chi connectivity index (χ0) is 15.7. The highest BCUT2D eigenvalue weighted by atomic mass is 19.4. The summed E-state index contributed by atoms with van der Waals surface area (Å²) in [6.07, 6.45) is -10.3. The molecular formula is C10H5F6N3O. The lowest BCUT2D eigenvalue weighted by molar-refractivity contribution is -0.145. The zero-order valence-electron chi connectivity index (χ0n) is 9.65. The molecule has 1 heterocycles. The van der Waals surface area contributed by atoms with Crippen LogP contribution < -0.4 is 5.32 Å². The van der Waals surface area contributed by atoms with Crippen LogP contribution in [0.15, 0.2) is 6.07 Å². The molecule has 0 aliphatic heterocycles. The van der Waals surface area contributed by atoms with E-state index in [1.165, 1.54) is 0 Å². The maximum atomic E-state index is 12.7. The minimum atomic E-state index is -5.19. The monoisotopic (exact) mass is 297 g/mol. The van der Waals surface area contributed by atoms with Crippen LogP contribution in [0, 0.1) is 11.3 Å². The van der Waals surface area contributed by atoms with Gasteiger partial charge in [-0.2, -0.15) is 31.6 Å². The number of amides is 1. The molecule has 0 radical (unpaired) electrons. The molecule has 1 aromatic rings. The molecule has 0 saturated carbocycles. The number of nitrogens with zero attached hydrogens (tertiary/aromatic N) is 2. The fraction of sp³-hybridized carbons (Fsp3) is 0.300. The molecule has 10 heteroatoms. The highest BCUT2D eigenvalue weighted by molar-refractivity contribution is 5.89. The average Bonchev–Trinajstić information content (AvgIpc) is 2.24. The number of aromatic nitrogens is 1. The van der Waals surface area contributed by atoms with Crippen molar-refractivity contribution in [1.82, 2.24) is 4.98 Å². The highest BCUT2D eigenvalue weighted by Gasteiger charge is 2.41. The second-order valence-electron chi connectivity index (χ2n) is 3.57. The summed E-state index contributed by atoms with van der Waals surface area (Å²) in [6.45, 7) is 0.857. The van der Waals surface area contributed by atoms with Gasteiger partial charge in [-0.15, -0.1) is 0 Å². The fourth-order valence-corrected chi connectivity index (χ4v) is 1.28. The van der Waals surface area contributed by atoms with Gasteiger partial charge >= 0.3 is 12.4 Å². The SMILES string of the molecule is CC(=O)Nc1nc(C(F)(F)F)cc(C(F)(F)F)c1C#N. The Kier molecular flexibility index (Phi) is 3.93. The summed E-state index contributed by atoms with van der Waals surface area (Å²) in [5.74, 6) is -2.04. The van der Waals surface area contributed by atoms with Gasteiger partial charge in [0.1, 0.15) is 17.3 Å². The number of nitrogens with one attached hydrogen (secondary N) is 1. The number of rotatable bonds is 1. The van der Waals surface area contributed by atoms with Crippen molar-refractivity contribution in [2.45, 2.75) is 19.3 Å². The van der Waals surface area contributed by atoms with Gasteiger partial charge in [0.05, 0.1) is 5.56 Å². The molecule has 4 nitrogen and oxygen atoms in total. The number of hydrogen-bond acceptors (Lipinski definition) is 3. The summed E-state index contributed by atoms with van der Waals surface area (Å²) in [7, 11) is 0. The van der Waals surface area contributed by atoms with Gasteiger partial charge in [-0.05, 0) is 6.07 Å². The summed E-state index contributed by atoms with van der Waals surface area (Å²) in [4.78, 5) is 13.6. The molecule has 0 atom stereocenters. The third kappa shape index (κ3) is 3.37. The number of pyridine rings is 1. The van der Waals surface area contributed by atoms with Crippen LogP contribution in [-0.4, -0.2) is 10.9 Å². The molecule has 0 aliphatic rings. The van der Waals surface area contributed by atoms with E-state index in [0.29, 0.717) is 0 Å². The number of anilines is 1. The van der Waals surface area contributed by atoms with Crippen molar-refractivity contribution in [3.63, 3.8) is 0 Å². The van der Waals surface area contributed by atoms with E-state index in [1.807, 2.05) is 0 Å². The summed E-state index contributed by atoms with van der Waals surface area (Å²) in [5.41, 5.74) is -4.85. The average molecular weight is 297 g/mol. The van der Waals surface area contributed by atoms with E-state index in [2.05, 4.69) is 4.98 Å². The minimum Gasteiger partial charge on any atom is -0.310 e. The van der Waals surface area contributed by atoms with Gasteiger partial charge in [-0.3, -0.25) is 4.79 Å². The largest absolute Gasteiger partial charge is 0.433 e. The first kappa shape index (κ1) is 15.7. The predicted octanol–water partition coefficient (Wildman–Crippen LogP) is 2.95. The summed E-state index contributed by atoms with van der Waals surface area (Å²) < 4.78 is 75.4. The molecule has 0 aromatic carbocycles. The first-order valence-electron chi connectivity index (χ1n) is 4.84. The summed E-state index contributed by atoms with van der Waals surface area (Å²) in [6, 6.07) is 0.816. The standard InChI is InChI=1S/C10H5F6N3O/c1-4(20)18-8-5(3-17)6(9(11,12)13)2-7(19-8)10(14,15)16/h2H,1H3,(H,18,19,20). The van der Waals surface area contributed by atoms with E-state index < -0.39 is 40.9 Å². The van der Waals surface area contributed by atoms with E-state index in [0.717, 1.165) is 13.0 Å². The van der Waals surface area contributed by atoms with Gasteiger partial charge in [0, 0.05) is 6.92 Å². The number of halogens is 6. The first-order valence-corrected chi connectivity index (χ1v) is 4.84. The number of carbonyl (C=O) groups excluding carboxylic acids is 1. The van der Waals surface area contributed by atoms with Gasteiger partial charge in [0.25, 0.3) is 0 Å². The van der Waals surface area contributed by atoms with Gasteiger partial charge in [0.2, 0.25) is 5.91 Å². The van der Waals surface area contributed by atoms with Gasteiger partial charge < -0.3 is 5.32 Å². The molecule has 1 N–H and O–H groups in total. The Hall–Kier alpha value is -2.31. The number of alkyl halides is 6. The van der Waals surface area contributed by atoms with Crippen LogP contribution in [0.5, 0.6) is 0 Å². The lowest BCUT2D eigenvalue weighted by Crippen LogP contribution is -2.19. The molecule has 0 fully saturated rings. The van der Waals surface area contributed by atoms with E-state index in [1.54, 1.807) is 5.32 Å². The van der Waals surface area contributed by atoms with E-state index in [-0.39, 0.29) is 6.07 Å². The van der Waals surface area contributed by atoms with Crippen molar-refractivity contribution in [1.29, 1.82) is 5.26 Å². The fourth-order valence-electron chi connectivity index (χ4n) is 1.28. The zero-order valence-corrected chi connectivity index (χ0v) is 9.65. The molecule has 1 amide bonds. The molecule has 1 rings (SSSR count). The Balaban J connectivity index is 3.66. The quantitative estimate of drug-likeness (QED) is 0.810. The summed E-state index contributed by atoms with van der Waals surface area (Å²) >= 11 is 0. The Morgan fingerprint density at radius 2 is 1.80 bits per heavy atom. The van der Waals surface area contributed by atoms with Crippen LogP contribution in [0.3, 0.4) is 0 Å². The first-order chi connectivity index (χ1) is 8.96. The second kappa shape index (κ2) is 4.99. The molecular weight excluding hydrogens is 292 g/mol. The maximum absolute atomic E-state index is 12.7. The van der Waals surface area contributed by atoms with E-state index in [4.69, 9.17) is 5.26 Å². The molecule has 0 spiro atoms. The van der Waals surface area contributed by atoms with Gasteiger partial charge in [-0.1, -0.05) is 0 Å². The smallest absolute Gasteiger partial charge is 0.310 e. The van der Waals surface area contributed by atoms with Crippen LogP contribution in [-0.2, 0) is 17.1 Å². The maximum Gasteiger partial charge on any atom is 0.433 e. The Morgan fingerprint density at radius 1 is 1.25 bits per heavy atom. The van der Waals surface area contributed by atoms with Crippen LogP contribution in [0.25, 0.3) is 0 Å². The summed E-state index contributed by atoms with van der Waals surface area (Å²) in [5, 5.41) is 10.3. The normalized spacial score (nSPS) is 11.9. The van der Waals surface area contributed by atoms with Crippen LogP contribution in [0.4, 0.5) is 32.2 Å². The number of hydrogen-bond donors (Lipinski definition) is 1. The lowest BCUT2D eigenvalue weighted by Gasteiger charge is -2.15. The van der Waals surface area contributed by atoms with Crippen molar-refractivity contribution in [3.8, 4) is 6.07 Å². The molecule has 0 bridgehead atoms. The topological polar surface area (TPSA) is 65.8 Å². The van der Waals surface area contributed by atoms with E-state index in [9.17, 15) is 31.1 Å². The third-order valence-electron chi connectivity index (χ3n) is 2.02. The van der Waals surface area contributed by atoms with E-state index >= 15 is 0 Å². The molecule has 20 heavy (non-hydrogen) atoms. The van der Waals surface area contributed by atoms with Crippen molar-refractivity contribution in [2.75, 3.05) is 5.32 Å². The molecule has 0 unspecified atom stereocenters. The Bertz CT molecular complexity index is 584. The van der Waals surface area contributed by atoms with Crippen molar-refractivity contribution >= 4 is 11.7 Å².